The standard InChI is InChI=1S/C16H20N4O4S/c1-7-11-10(8(2)21)15(22)20(11)12(16(23)24)13(7)25-9-4-5-19-14(9)18(3)6-17-19/h6-11,21H,4-5H2,1-3H3/t7-,8-,9+,10-,11-/m1/s1. The van der Waals surface area contributed by atoms with Crippen molar-refractivity contribution in [3.05, 3.63) is 22.8 Å². The smallest absolute Gasteiger partial charge is 0.265 e. The van der Waals surface area contributed by atoms with Crippen LogP contribution in [-0.2, 0) is 23.2 Å². The maximum absolute atomic E-state index is 12.4. The Morgan fingerprint density at radius 1 is 1.56 bits per heavy atom. The molecule has 1 saturated heterocycles. The molecule has 1 N–H and O–H groups in total. The van der Waals surface area contributed by atoms with Gasteiger partial charge in [0, 0.05) is 22.3 Å². The van der Waals surface area contributed by atoms with Crippen molar-refractivity contribution in [3.63, 3.8) is 0 Å². The molecule has 0 radical (unpaired) electrons. The normalized spacial score (nSPS) is 31.8. The van der Waals surface area contributed by atoms with Gasteiger partial charge in [0.15, 0.2) is 0 Å². The number of carbonyl (C=O) groups is 2. The van der Waals surface area contributed by atoms with Gasteiger partial charge in [0.1, 0.15) is 11.8 Å². The topological polar surface area (TPSA) is 102 Å². The quantitative estimate of drug-likeness (QED) is 0.527. The zero-order valence-electron chi connectivity index (χ0n) is 14.2. The minimum absolute atomic E-state index is 0.0231. The zero-order valence-corrected chi connectivity index (χ0v) is 15.1. The van der Waals surface area contributed by atoms with Gasteiger partial charge in [0.25, 0.3) is 6.33 Å². The zero-order chi connectivity index (χ0) is 18.0. The van der Waals surface area contributed by atoms with Gasteiger partial charge >= 0.3 is 0 Å². The molecule has 25 heavy (non-hydrogen) atoms. The second kappa shape index (κ2) is 5.57. The Kier molecular flexibility index (Phi) is 3.69. The third-order valence-corrected chi connectivity index (χ3v) is 7.00. The first-order valence-electron chi connectivity index (χ1n) is 8.37. The van der Waals surface area contributed by atoms with E-state index in [0.717, 1.165) is 18.8 Å². The van der Waals surface area contributed by atoms with Crippen molar-refractivity contribution in [2.24, 2.45) is 18.9 Å². The van der Waals surface area contributed by atoms with Gasteiger partial charge in [-0.25, -0.2) is 4.57 Å². The van der Waals surface area contributed by atoms with E-state index >= 15 is 0 Å². The fourth-order valence-corrected chi connectivity index (χ4v) is 5.88. The highest BCUT2D eigenvalue weighted by Crippen LogP contribution is 2.54. The van der Waals surface area contributed by atoms with Gasteiger partial charge in [-0.3, -0.25) is 4.79 Å². The Labute approximate surface area is 149 Å². The maximum atomic E-state index is 12.4. The van der Waals surface area contributed by atoms with E-state index in [1.807, 2.05) is 23.2 Å². The number of carbonyl (C=O) groups excluding carboxylic acids is 2. The summed E-state index contributed by atoms with van der Waals surface area (Å²) in [5.74, 6) is -1.31. The van der Waals surface area contributed by atoms with Gasteiger partial charge < -0.3 is 19.9 Å². The summed E-state index contributed by atoms with van der Waals surface area (Å²) in [6.45, 7) is 4.29. The van der Waals surface area contributed by atoms with Gasteiger partial charge in [-0.15, -0.1) is 16.4 Å². The number of rotatable bonds is 4. The van der Waals surface area contributed by atoms with Gasteiger partial charge in [0.05, 0.1) is 36.8 Å². The number of aliphatic hydroxyl groups excluding tert-OH is 1. The molecule has 0 spiro atoms. The molecular formula is C16H20N4O4S. The summed E-state index contributed by atoms with van der Waals surface area (Å²) in [6, 6.07) is -0.303. The first kappa shape index (κ1) is 16.6. The van der Waals surface area contributed by atoms with Crippen LogP contribution in [0.25, 0.3) is 0 Å². The van der Waals surface area contributed by atoms with E-state index in [4.69, 9.17) is 0 Å². The van der Waals surface area contributed by atoms with Crippen molar-refractivity contribution in [3.8, 4) is 0 Å². The van der Waals surface area contributed by atoms with Crippen molar-refractivity contribution in [2.45, 2.75) is 44.2 Å². The van der Waals surface area contributed by atoms with Crippen LogP contribution in [0.5, 0.6) is 0 Å². The first-order valence-corrected chi connectivity index (χ1v) is 9.25. The van der Waals surface area contributed by atoms with Crippen LogP contribution in [0.2, 0.25) is 0 Å². The number of thioether (sulfide) groups is 1. The van der Waals surface area contributed by atoms with Crippen LogP contribution in [0.15, 0.2) is 16.9 Å². The third kappa shape index (κ3) is 2.18. The molecule has 134 valence electrons. The minimum Gasteiger partial charge on any atom is -0.543 e. The number of hydrogen-bond acceptors (Lipinski definition) is 6. The number of carboxylic acid groups (broad SMARTS) is 1. The Morgan fingerprint density at radius 3 is 2.92 bits per heavy atom. The van der Waals surface area contributed by atoms with Crippen molar-refractivity contribution in [1.82, 2.24) is 14.7 Å². The number of aryl methyl sites for hydroxylation is 2. The second-order valence-corrected chi connectivity index (χ2v) is 8.22. The lowest BCUT2D eigenvalue weighted by atomic mass is 9.79. The average molecular weight is 364 g/mol. The highest BCUT2D eigenvalue weighted by atomic mass is 32.2. The van der Waals surface area contributed by atoms with Crippen LogP contribution in [0.4, 0.5) is 0 Å². The number of nitrogens with zero attached hydrogens (tertiary/aromatic N) is 4. The number of carboxylic acids is 1. The monoisotopic (exact) mass is 364 g/mol. The fraction of sp³-hybridized carbons (Fsp3) is 0.625. The van der Waals surface area contributed by atoms with Crippen LogP contribution in [0, 0.1) is 11.8 Å². The van der Waals surface area contributed by atoms with E-state index < -0.39 is 18.0 Å². The highest BCUT2D eigenvalue weighted by molar-refractivity contribution is 8.03. The number of β-lactam (4-membered cyclic amide) rings is 1. The number of aliphatic carboxylic acids is 1. The Hall–Kier alpha value is -1.87. The molecule has 5 atom stereocenters. The van der Waals surface area contributed by atoms with Gasteiger partial charge in [-0.05, 0) is 6.92 Å². The molecule has 1 amide bonds. The lowest BCUT2D eigenvalue weighted by Crippen LogP contribution is -2.64. The summed E-state index contributed by atoms with van der Waals surface area (Å²) in [4.78, 5) is 26.1. The molecule has 9 heteroatoms. The van der Waals surface area contributed by atoms with Crippen LogP contribution < -0.4 is 9.67 Å². The molecule has 3 aliphatic heterocycles. The van der Waals surface area contributed by atoms with Crippen molar-refractivity contribution < 1.29 is 24.4 Å². The second-order valence-electron chi connectivity index (χ2n) is 6.97. The van der Waals surface area contributed by atoms with Crippen molar-refractivity contribution in [2.75, 3.05) is 0 Å². The van der Waals surface area contributed by atoms with Crippen LogP contribution >= 0.6 is 11.8 Å². The Balaban J connectivity index is 1.68. The van der Waals surface area contributed by atoms with Gasteiger partial charge in [-0.2, -0.15) is 0 Å². The molecular weight excluding hydrogens is 344 g/mol. The third-order valence-electron chi connectivity index (χ3n) is 5.45. The van der Waals surface area contributed by atoms with Crippen LogP contribution in [-0.4, -0.2) is 43.8 Å². The highest BCUT2D eigenvalue weighted by Gasteiger charge is 2.59. The number of hydrogen-bond donors (Lipinski definition) is 1. The van der Waals surface area contributed by atoms with Gasteiger partial charge in [-0.1, -0.05) is 6.92 Å². The number of aliphatic hydroxyl groups is 1. The Bertz CT molecular complexity index is 802. The molecule has 0 bridgehead atoms. The predicted octanol–water partition coefficient (Wildman–Crippen LogP) is -1.30. The first-order chi connectivity index (χ1) is 11.8. The molecule has 0 aromatic carbocycles. The maximum Gasteiger partial charge on any atom is 0.265 e. The van der Waals surface area contributed by atoms with E-state index in [-0.39, 0.29) is 28.8 Å². The van der Waals surface area contributed by atoms with E-state index in [1.165, 1.54) is 16.7 Å². The summed E-state index contributed by atoms with van der Waals surface area (Å²) in [7, 11) is 1.92. The van der Waals surface area contributed by atoms with Crippen molar-refractivity contribution in [1.29, 1.82) is 0 Å². The predicted molar refractivity (Wildman–Crippen MR) is 85.4 cm³/mol. The fourth-order valence-electron chi connectivity index (χ4n) is 4.31. The molecule has 4 rings (SSSR count). The largest absolute Gasteiger partial charge is 0.543 e. The van der Waals surface area contributed by atoms with E-state index in [2.05, 4.69) is 5.10 Å². The molecule has 8 nitrogen and oxygen atoms in total. The average Bonchev–Trinajstić information content (AvgIpc) is 3.16. The molecule has 0 aliphatic carbocycles. The van der Waals surface area contributed by atoms with Crippen molar-refractivity contribution >= 4 is 23.6 Å². The number of fused-ring (bicyclic) bond motifs is 2. The van der Waals surface area contributed by atoms with E-state index in [9.17, 15) is 19.8 Å². The molecule has 0 unspecified atom stereocenters. The van der Waals surface area contributed by atoms with E-state index in [0.29, 0.717) is 4.91 Å². The van der Waals surface area contributed by atoms with Crippen LogP contribution in [0.1, 0.15) is 31.3 Å². The lowest BCUT2D eigenvalue weighted by molar-refractivity contribution is -0.679. The molecule has 3 aliphatic rings. The summed E-state index contributed by atoms with van der Waals surface area (Å²) in [6.07, 6.45) is 1.81. The summed E-state index contributed by atoms with van der Waals surface area (Å²) < 4.78 is 3.87. The number of amides is 1. The van der Waals surface area contributed by atoms with E-state index in [1.54, 1.807) is 13.3 Å². The molecule has 4 heterocycles. The Morgan fingerprint density at radius 2 is 2.28 bits per heavy atom. The molecule has 1 fully saturated rings. The summed E-state index contributed by atoms with van der Waals surface area (Å²) in [5.41, 5.74) is -0.0231. The molecule has 0 saturated carbocycles. The summed E-state index contributed by atoms with van der Waals surface area (Å²) >= 11 is 1.49. The summed E-state index contributed by atoms with van der Waals surface area (Å²) in [5, 5.41) is 26.0. The SMILES string of the molecule is C[C@@H](O)[C@H]1C(=O)N2C(C(=O)[O-])=C(S[C@H]3CCn4nc[n+](C)c43)[C@H](C)[C@H]12. The lowest BCUT2D eigenvalue weighted by Gasteiger charge is -2.47. The minimum atomic E-state index is -1.33. The van der Waals surface area contributed by atoms with Gasteiger partial charge in [0.2, 0.25) is 11.7 Å². The molecule has 1 aromatic heterocycles. The molecule has 1 aromatic rings. The number of aromatic nitrogens is 3. The van der Waals surface area contributed by atoms with Crippen LogP contribution in [0.3, 0.4) is 0 Å².